The summed E-state index contributed by atoms with van der Waals surface area (Å²) < 4.78 is 0. The SMILES string of the molecule is O=C(O)[C@@H]1[C@@H](C(=O)O)C[C@H]2CC[C@@H]1C21CC1. The van der Waals surface area contributed by atoms with E-state index in [-0.39, 0.29) is 11.3 Å². The molecule has 0 aliphatic heterocycles. The normalized spacial score (nSPS) is 43.2. The molecule has 4 heteroatoms. The smallest absolute Gasteiger partial charge is 0.307 e. The lowest BCUT2D eigenvalue weighted by Gasteiger charge is -2.38. The van der Waals surface area contributed by atoms with Crippen molar-refractivity contribution in [1.82, 2.24) is 0 Å². The molecule has 3 rings (SSSR count). The summed E-state index contributed by atoms with van der Waals surface area (Å²) in [6, 6.07) is 0. The zero-order chi connectivity index (χ0) is 11.5. The van der Waals surface area contributed by atoms with Crippen LogP contribution in [0, 0.1) is 29.1 Å². The van der Waals surface area contributed by atoms with Gasteiger partial charge in [0.2, 0.25) is 0 Å². The Hall–Kier alpha value is -1.06. The first-order valence-electron chi connectivity index (χ1n) is 6.02. The highest BCUT2D eigenvalue weighted by molar-refractivity contribution is 5.81. The van der Waals surface area contributed by atoms with Crippen LogP contribution in [0.15, 0.2) is 0 Å². The molecule has 0 aromatic rings. The van der Waals surface area contributed by atoms with Crippen LogP contribution >= 0.6 is 0 Å². The Balaban J connectivity index is 1.96. The minimum absolute atomic E-state index is 0.129. The second-order valence-electron chi connectivity index (χ2n) is 5.66. The Morgan fingerprint density at radius 1 is 1.06 bits per heavy atom. The van der Waals surface area contributed by atoms with Crippen LogP contribution in [0.4, 0.5) is 0 Å². The van der Waals surface area contributed by atoms with Crippen molar-refractivity contribution in [2.75, 3.05) is 0 Å². The van der Waals surface area contributed by atoms with Crippen molar-refractivity contribution in [1.29, 1.82) is 0 Å². The predicted molar refractivity (Wildman–Crippen MR) is 54.7 cm³/mol. The molecule has 3 saturated carbocycles. The number of carboxylic acids is 2. The number of hydrogen-bond donors (Lipinski definition) is 2. The summed E-state index contributed by atoms with van der Waals surface area (Å²) in [6.07, 6.45) is 4.79. The molecule has 4 nitrogen and oxygen atoms in total. The van der Waals surface area contributed by atoms with E-state index in [9.17, 15) is 14.7 Å². The van der Waals surface area contributed by atoms with Crippen LogP contribution in [0.3, 0.4) is 0 Å². The number of aliphatic carboxylic acids is 2. The fourth-order valence-corrected chi connectivity index (χ4v) is 4.40. The van der Waals surface area contributed by atoms with Crippen molar-refractivity contribution in [2.24, 2.45) is 29.1 Å². The van der Waals surface area contributed by atoms with Gasteiger partial charge >= 0.3 is 11.9 Å². The van der Waals surface area contributed by atoms with Crippen LogP contribution in [0.5, 0.6) is 0 Å². The lowest BCUT2D eigenvalue weighted by molar-refractivity contribution is -0.160. The minimum atomic E-state index is -0.917. The van der Waals surface area contributed by atoms with Crippen LogP contribution in [0.2, 0.25) is 0 Å². The molecule has 0 heterocycles. The summed E-state index contributed by atoms with van der Waals surface area (Å²) in [7, 11) is 0. The molecular weight excluding hydrogens is 208 g/mol. The lowest BCUT2D eigenvalue weighted by Crippen LogP contribution is -2.43. The average Bonchev–Trinajstić information content (AvgIpc) is 2.90. The van der Waals surface area contributed by atoms with E-state index >= 15 is 0 Å². The van der Waals surface area contributed by atoms with E-state index in [1.54, 1.807) is 0 Å². The summed E-state index contributed by atoms with van der Waals surface area (Å²) in [4.78, 5) is 22.5. The van der Waals surface area contributed by atoms with E-state index in [1.165, 1.54) is 0 Å². The van der Waals surface area contributed by atoms with Crippen LogP contribution in [-0.2, 0) is 9.59 Å². The van der Waals surface area contributed by atoms with Crippen LogP contribution in [-0.4, -0.2) is 22.2 Å². The Morgan fingerprint density at radius 3 is 2.25 bits per heavy atom. The van der Waals surface area contributed by atoms with E-state index in [0.717, 1.165) is 25.7 Å². The molecule has 3 aliphatic rings. The lowest BCUT2D eigenvalue weighted by atomic mass is 9.64. The first-order valence-corrected chi connectivity index (χ1v) is 6.02. The third-order valence-corrected chi connectivity index (χ3v) is 5.21. The minimum Gasteiger partial charge on any atom is -0.481 e. The van der Waals surface area contributed by atoms with E-state index in [0.29, 0.717) is 12.3 Å². The Labute approximate surface area is 93.6 Å². The average molecular weight is 224 g/mol. The van der Waals surface area contributed by atoms with Gasteiger partial charge in [0.15, 0.2) is 0 Å². The topological polar surface area (TPSA) is 74.6 Å². The monoisotopic (exact) mass is 224 g/mol. The first-order chi connectivity index (χ1) is 7.56. The van der Waals surface area contributed by atoms with Crippen LogP contribution < -0.4 is 0 Å². The van der Waals surface area contributed by atoms with Gasteiger partial charge < -0.3 is 10.2 Å². The van der Waals surface area contributed by atoms with Crippen molar-refractivity contribution in [3.05, 3.63) is 0 Å². The van der Waals surface area contributed by atoms with Gasteiger partial charge in [0.05, 0.1) is 11.8 Å². The highest BCUT2D eigenvalue weighted by Gasteiger charge is 2.66. The summed E-state index contributed by atoms with van der Waals surface area (Å²) in [5.41, 5.74) is 0.231. The maximum Gasteiger partial charge on any atom is 0.307 e. The molecule has 2 bridgehead atoms. The van der Waals surface area contributed by atoms with Crippen molar-refractivity contribution in [2.45, 2.75) is 32.1 Å². The molecule has 2 N–H and O–H groups in total. The standard InChI is InChI=1S/C12H16O4/c13-10(14)7-5-6-1-2-8(9(7)11(15)16)12(6)3-4-12/h6-9H,1-5H2,(H,13,14)(H,15,16)/t6-,7+,8+,9-/m1/s1. The summed E-state index contributed by atoms with van der Waals surface area (Å²) in [6.45, 7) is 0. The summed E-state index contributed by atoms with van der Waals surface area (Å²) in [5.74, 6) is -2.50. The Morgan fingerprint density at radius 2 is 1.75 bits per heavy atom. The number of rotatable bonds is 2. The molecule has 0 aromatic carbocycles. The highest BCUT2D eigenvalue weighted by atomic mass is 16.4. The van der Waals surface area contributed by atoms with E-state index in [2.05, 4.69) is 0 Å². The second-order valence-corrected chi connectivity index (χ2v) is 5.66. The zero-order valence-electron chi connectivity index (χ0n) is 9.06. The van der Waals surface area contributed by atoms with Gasteiger partial charge in [0.1, 0.15) is 0 Å². The van der Waals surface area contributed by atoms with Gasteiger partial charge in [0, 0.05) is 0 Å². The molecule has 0 saturated heterocycles. The van der Waals surface area contributed by atoms with Crippen LogP contribution in [0.25, 0.3) is 0 Å². The van der Waals surface area contributed by atoms with Crippen molar-refractivity contribution in [3.8, 4) is 0 Å². The van der Waals surface area contributed by atoms with Crippen molar-refractivity contribution < 1.29 is 19.8 Å². The molecule has 0 unspecified atom stereocenters. The zero-order valence-corrected chi connectivity index (χ0v) is 9.06. The summed E-state index contributed by atoms with van der Waals surface area (Å²) in [5, 5.41) is 18.4. The third-order valence-electron chi connectivity index (χ3n) is 5.21. The number of hydrogen-bond acceptors (Lipinski definition) is 2. The molecule has 4 atom stereocenters. The Kier molecular flexibility index (Phi) is 1.89. The maximum absolute atomic E-state index is 11.3. The Bertz CT molecular complexity index is 358. The quantitative estimate of drug-likeness (QED) is 0.747. The molecule has 0 radical (unpaired) electrons. The molecule has 0 amide bonds. The van der Waals surface area contributed by atoms with Crippen molar-refractivity contribution in [3.63, 3.8) is 0 Å². The van der Waals surface area contributed by atoms with Gasteiger partial charge in [-0.05, 0) is 49.4 Å². The van der Waals surface area contributed by atoms with Gasteiger partial charge in [-0.15, -0.1) is 0 Å². The number of carbonyl (C=O) groups is 2. The second kappa shape index (κ2) is 2.99. The highest BCUT2D eigenvalue weighted by Crippen LogP contribution is 2.71. The fraction of sp³-hybridized carbons (Fsp3) is 0.833. The van der Waals surface area contributed by atoms with E-state index in [4.69, 9.17) is 5.11 Å². The third kappa shape index (κ3) is 1.10. The molecular formula is C12H16O4. The largest absolute Gasteiger partial charge is 0.481 e. The van der Waals surface area contributed by atoms with Gasteiger partial charge in [-0.2, -0.15) is 0 Å². The molecule has 88 valence electrons. The first kappa shape index (κ1) is 10.1. The maximum atomic E-state index is 11.3. The van der Waals surface area contributed by atoms with Gasteiger partial charge in [-0.25, -0.2) is 0 Å². The molecule has 3 fully saturated rings. The molecule has 3 aliphatic carbocycles. The van der Waals surface area contributed by atoms with E-state index in [1.807, 2.05) is 0 Å². The molecule has 1 spiro atoms. The van der Waals surface area contributed by atoms with Gasteiger partial charge in [0.25, 0.3) is 0 Å². The van der Waals surface area contributed by atoms with E-state index < -0.39 is 23.8 Å². The van der Waals surface area contributed by atoms with Crippen LogP contribution in [0.1, 0.15) is 32.1 Å². The van der Waals surface area contributed by atoms with Gasteiger partial charge in [-0.3, -0.25) is 9.59 Å². The number of carboxylic acid groups (broad SMARTS) is 2. The summed E-state index contributed by atoms with van der Waals surface area (Å²) >= 11 is 0. The fourth-order valence-electron chi connectivity index (χ4n) is 4.40. The molecule has 16 heavy (non-hydrogen) atoms. The van der Waals surface area contributed by atoms with Gasteiger partial charge in [-0.1, -0.05) is 0 Å². The molecule has 0 aromatic heterocycles. The van der Waals surface area contributed by atoms with Crippen molar-refractivity contribution >= 4 is 11.9 Å². The predicted octanol–water partition coefficient (Wildman–Crippen LogP) is 1.60.